The zero-order valence-electron chi connectivity index (χ0n) is 12.2. The maximum atomic E-state index is 11.8. The molecule has 4 heteroatoms. The number of benzene rings is 1. The van der Waals surface area contributed by atoms with Crippen molar-refractivity contribution in [3.63, 3.8) is 0 Å². The average molecular weight is 277 g/mol. The van der Waals surface area contributed by atoms with Crippen molar-refractivity contribution in [3.05, 3.63) is 29.8 Å². The smallest absolute Gasteiger partial charge is 0.220 e. The van der Waals surface area contributed by atoms with E-state index in [0.29, 0.717) is 25.3 Å². The molecule has 20 heavy (non-hydrogen) atoms. The minimum atomic E-state index is -0.754. The lowest BCUT2D eigenvalue weighted by Crippen LogP contribution is -2.42. The number of ether oxygens (including phenoxy) is 1. The van der Waals surface area contributed by atoms with E-state index in [1.54, 1.807) is 14.0 Å². The van der Waals surface area contributed by atoms with Crippen molar-refractivity contribution in [2.75, 3.05) is 13.7 Å². The van der Waals surface area contributed by atoms with Crippen LogP contribution in [0.5, 0.6) is 5.75 Å². The second kappa shape index (κ2) is 6.27. The van der Waals surface area contributed by atoms with Gasteiger partial charge < -0.3 is 15.2 Å². The molecule has 2 rings (SSSR count). The molecule has 1 aromatic carbocycles. The van der Waals surface area contributed by atoms with Gasteiger partial charge in [-0.2, -0.15) is 0 Å². The van der Waals surface area contributed by atoms with E-state index >= 15 is 0 Å². The van der Waals surface area contributed by atoms with Crippen LogP contribution >= 0.6 is 0 Å². The number of hydrogen-bond acceptors (Lipinski definition) is 3. The fraction of sp³-hybridized carbons (Fsp3) is 0.562. The highest BCUT2D eigenvalue weighted by Crippen LogP contribution is 2.38. The van der Waals surface area contributed by atoms with Gasteiger partial charge >= 0.3 is 0 Å². The predicted octanol–water partition coefficient (Wildman–Crippen LogP) is 1.91. The first-order valence-corrected chi connectivity index (χ1v) is 7.13. The molecule has 1 fully saturated rings. The molecule has 0 saturated heterocycles. The molecule has 0 unspecified atom stereocenters. The van der Waals surface area contributed by atoms with Gasteiger partial charge in [0.05, 0.1) is 12.7 Å². The summed E-state index contributed by atoms with van der Waals surface area (Å²) in [5.74, 6) is 1.16. The van der Waals surface area contributed by atoms with E-state index in [4.69, 9.17) is 4.74 Å². The molecule has 4 nitrogen and oxygen atoms in total. The third-order valence-electron chi connectivity index (χ3n) is 3.90. The van der Waals surface area contributed by atoms with Crippen LogP contribution in [0.25, 0.3) is 0 Å². The molecule has 1 amide bonds. The minimum Gasteiger partial charge on any atom is -0.497 e. The van der Waals surface area contributed by atoms with E-state index in [-0.39, 0.29) is 5.91 Å². The molecule has 1 saturated carbocycles. The maximum absolute atomic E-state index is 11.8. The highest BCUT2D eigenvalue weighted by atomic mass is 16.5. The van der Waals surface area contributed by atoms with Crippen LogP contribution in [0.2, 0.25) is 0 Å². The van der Waals surface area contributed by atoms with Crippen LogP contribution in [0.4, 0.5) is 0 Å². The second-order valence-electron chi connectivity index (χ2n) is 5.76. The van der Waals surface area contributed by atoms with Crippen LogP contribution in [0.1, 0.15) is 31.7 Å². The van der Waals surface area contributed by atoms with Crippen molar-refractivity contribution in [2.24, 2.45) is 5.92 Å². The predicted molar refractivity (Wildman–Crippen MR) is 77.7 cm³/mol. The van der Waals surface area contributed by atoms with Crippen molar-refractivity contribution in [1.82, 2.24) is 5.32 Å². The lowest BCUT2D eigenvalue weighted by Gasteiger charge is -2.23. The second-order valence-corrected chi connectivity index (χ2v) is 5.76. The molecule has 2 N–H and O–H groups in total. The number of hydrogen-bond donors (Lipinski definition) is 2. The van der Waals surface area contributed by atoms with Crippen molar-refractivity contribution >= 4 is 5.91 Å². The number of nitrogens with one attached hydrogen (secondary N) is 1. The quantitative estimate of drug-likeness (QED) is 0.800. The first-order valence-electron chi connectivity index (χ1n) is 7.13. The van der Waals surface area contributed by atoms with Crippen molar-refractivity contribution < 1.29 is 14.6 Å². The van der Waals surface area contributed by atoms with E-state index in [9.17, 15) is 9.90 Å². The van der Waals surface area contributed by atoms with E-state index < -0.39 is 5.60 Å². The summed E-state index contributed by atoms with van der Waals surface area (Å²) >= 11 is 0. The summed E-state index contributed by atoms with van der Waals surface area (Å²) in [5, 5.41) is 12.9. The Morgan fingerprint density at radius 1 is 1.40 bits per heavy atom. The van der Waals surface area contributed by atoms with Gasteiger partial charge in [-0.05, 0) is 49.8 Å². The normalized spacial score (nSPS) is 17.4. The van der Waals surface area contributed by atoms with E-state index in [2.05, 4.69) is 5.32 Å². The number of methoxy groups -OCH3 is 1. The zero-order chi connectivity index (χ0) is 14.6. The van der Waals surface area contributed by atoms with Crippen LogP contribution in [-0.4, -0.2) is 30.3 Å². The van der Waals surface area contributed by atoms with Gasteiger partial charge in [-0.3, -0.25) is 4.79 Å². The Bertz CT molecular complexity index is 449. The highest BCUT2D eigenvalue weighted by molar-refractivity contribution is 5.76. The van der Waals surface area contributed by atoms with Crippen LogP contribution in [-0.2, 0) is 11.2 Å². The van der Waals surface area contributed by atoms with Gasteiger partial charge in [0.1, 0.15) is 5.75 Å². The van der Waals surface area contributed by atoms with Gasteiger partial charge in [0, 0.05) is 13.0 Å². The number of rotatable bonds is 7. The molecule has 1 aromatic rings. The van der Waals surface area contributed by atoms with Gasteiger partial charge in [-0.15, -0.1) is 0 Å². The summed E-state index contributed by atoms with van der Waals surface area (Å²) in [6, 6.07) is 7.72. The standard InChI is InChI=1S/C16H23NO3/c1-16(19,13-6-7-13)11-17-15(18)10-5-12-3-8-14(20-2)9-4-12/h3-4,8-9,13,19H,5-7,10-11H2,1-2H3,(H,17,18)/t16-/m0/s1. The Morgan fingerprint density at radius 2 is 2.05 bits per heavy atom. The molecule has 1 atom stereocenters. The van der Waals surface area contributed by atoms with Crippen molar-refractivity contribution in [1.29, 1.82) is 0 Å². The first kappa shape index (κ1) is 14.9. The molecule has 1 aliphatic carbocycles. The number of amides is 1. The number of aryl methyl sites for hydroxylation is 1. The first-order chi connectivity index (χ1) is 9.51. The molecule has 0 aliphatic heterocycles. The van der Waals surface area contributed by atoms with Gasteiger partial charge in [0.15, 0.2) is 0 Å². The van der Waals surface area contributed by atoms with Crippen LogP contribution in [0.15, 0.2) is 24.3 Å². The van der Waals surface area contributed by atoms with E-state index in [1.807, 2.05) is 24.3 Å². The zero-order valence-corrected chi connectivity index (χ0v) is 12.2. The fourth-order valence-electron chi connectivity index (χ4n) is 2.27. The van der Waals surface area contributed by atoms with Crippen molar-refractivity contribution in [3.8, 4) is 5.75 Å². The summed E-state index contributed by atoms with van der Waals surface area (Å²) in [6.07, 6.45) is 3.26. The molecular weight excluding hydrogens is 254 g/mol. The lowest BCUT2D eigenvalue weighted by molar-refractivity contribution is -0.122. The molecule has 0 heterocycles. The molecule has 0 radical (unpaired) electrons. The minimum absolute atomic E-state index is 0.0123. The summed E-state index contributed by atoms with van der Waals surface area (Å²) in [5.41, 5.74) is 0.352. The average Bonchev–Trinajstić information content (AvgIpc) is 3.28. The third kappa shape index (κ3) is 4.23. The summed E-state index contributed by atoms with van der Waals surface area (Å²) in [6.45, 7) is 2.15. The molecule has 1 aliphatic rings. The fourth-order valence-corrected chi connectivity index (χ4v) is 2.27. The molecule has 0 spiro atoms. The monoisotopic (exact) mass is 277 g/mol. The Kier molecular flexibility index (Phi) is 4.65. The summed E-state index contributed by atoms with van der Waals surface area (Å²) < 4.78 is 5.09. The third-order valence-corrected chi connectivity index (χ3v) is 3.90. The Labute approximate surface area is 120 Å². The Balaban J connectivity index is 1.71. The summed E-state index contributed by atoms with van der Waals surface area (Å²) in [4.78, 5) is 11.8. The Morgan fingerprint density at radius 3 is 2.60 bits per heavy atom. The van der Waals surface area contributed by atoms with E-state index in [1.165, 1.54) is 0 Å². The van der Waals surface area contributed by atoms with Gasteiger partial charge in [-0.1, -0.05) is 12.1 Å². The molecule has 0 bridgehead atoms. The lowest BCUT2D eigenvalue weighted by atomic mass is 10.0. The Hall–Kier alpha value is -1.55. The van der Waals surface area contributed by atoms with Gasteiger partial charge in [0.2, 0.25) is 5.91 Å². The molecule has 0 aromatic heterocycles. The van der Waals surface area contributed by atoms with Crippen LogP contribution in [0.3, 0.4) is 0 Å². The van der Waals surface area contributed by atoms with Crippen LogP contribution in [0, 0.1) is 5.92 Å². The highest BCUT2D eigenvalue weighted by Gasteiger charge is 2.39. The van der Waals surface area contributed by atoms with Gasteiger partial charge in [-0.25, -0.2) is 0 Å². The molecule has 110 valence electrons. The number of carbonyl (C=O) groups is 1. The topological polar surface area (TPSA) is 58.6 Å². The largest absolute Gasteiger partial charge is 0.497 e. The van der Waals surface area contributed by atoms with E-state index in [0.717, 1.165) is 24.2 Å². The van der Waals surface area contributed by atoms with Crippen molar-refractivity contribution in [2.45, 2.75) is 38.2 Å². The number of carbonyl (C=O) groups excluding carboxylic acids is 1. The van der Waals surface area contributed by atoms with Gasteiger partial charge in [0.25, 0.3) is 0 Å². The van der Waals surface area contributed by atoms with Crippen LogP contribution < -0.4 is 10.1 Å². The summed E-state index contributed by atoms with van der Waals surface area (Å²) in [7, 11) is 1.63. The maximum Gasteiger partial charge on any atom is 0.220 e. The SMILES string of the molecule is COc1ccc(CCC(=O)NC[C@](C)(O)C2CC2)cc1. The molecular formula is C16H23NO3. The number of aliphatic hydroxyl groups is 1.